The quantitative estimate of drug-likeness (QED) is 0.172. The van der Waals surface area contributed by atoms with Crippen molar-refractivity contribution in [2.24, 2.45) is 11.7 Å². The van der Waals surface area contributed by atoms with Gasteiger partial charge in [-0.15, -0.1) is 0 Å². The SMILES string of the molecule is CC(S)CN(C=O)CC(=O)NCCCCCCN.CCNC(=O)C1COc2ccc(OC)cc2C1. The van der Waals surface area contributed by atoms with Crippen molar-refractivity contribution in [3.63, 3.8) is 0 Å². The monoisotopic (exact) mass is 510 g/mol. The van der Waals surface area contributed by atoms with Crippen LogP contribution in [-0.4, -0.2) is 74.8 Å². The molecular weight excluding hydrogens is 468 g/mol. The lowest BCUT2D eigenvalue weighted by atomic mass is 9.96. The molecule has 1 aromatic carbocycles. The van der Waals surface area contributed by atoms with Crippen LogP contribution in [0.1, 0.15) is 45.1 Å². The number of fused-ring (bicyclic) bond motifs is 1. The van der Waals surface area contributed by atoms with Gasteiger partial charge < -0.3 is 30.7 Å². The predicted molar refractivity (Wildman–Crippen MR) is 141 cm³/mol. The van der Waals surface area contributed by atoms with Crippen LogP contribution in [0.15, 0.2) is 18.2 Å². The third-order valence-corrected chi connectivity index (χ3v) is 5.51. The second kappa shape index (κ2) is 17.9. The van der Waals surface area contributed by atoms with Crippen LogP contribution in [0.2, 0.25) is 0 Å². The third-order valence-electron chi connectivity index (χ3n) is 5.34. The molecule has 10 heteroatoms. The molecular formula is C25H42N4O5S. The van der Waals surface area contributed by atoms with Crippen molar-refractivity contribution < 1.29 is 23.9 Å². The average molecular weight is 511 g/mol. The van der Waals surface area contributed by atoms with E-state index in [-0.39, 0.29) is 29.5 Å². The number of carbonyl (C=O) groups is 3. The van der Waals surface area contributed by atoms with Crippen LogP contribution in [-0.2, 0) is 20.8 Å². The Bertz CT molecular complexity index is 778. The first-order valence-electron chi connectivity index (χ1n) is 12.3. The van der Waals surface area contributed by atoms with Gasteiger partial charge in [-0.2, -0.15) is 12.6 Å². The van der Waals surface area contributed by atoms with Crippen LogP contribution in [0.25, 0.3) is 0 Å². The van der Waals surface area contributed by atoms with Crippen LogP contribution in [0, 0.1) is 5.92 Å². The minimum atomic E-state index is -0.116. The summed E-state index contributed by atoms with van der Waals surface area (Å²) < 4.78 is 10.8. The molecule has 35 heavy (non-hydrogen) atoms. The maximum atomic E-state index is 11.7. The van der Waals surface area contributed by atoms with Crippen molar-refractivity contribution in [2.75, 3.05) is 46.4 Å². The molecule has 1 aromatic rings. The minimum Gasteiger partial charge on any atom is -0.497 e. The van der Waals surface area contributed by atoms with Gasteiger partial charge in [0.1, 0.15) is 18.1 Å². The number of hydrogen-bond donors (Lipinski definition) is 4. The molecule has 4 N–H and O–H groups in total. The number of thiol groups is 1. The molecule has 1 heterocycles. The Morgan fingerprint density at radius 3 is 2.66 bits per heavy atom. The van der Waals surface area contributed by atoms with E-state index in [2.05, 4.69) is 23.3 Å². The van der Waals surface area contributed by atoms with Crippen LogP contribution in [0.3, 0.4) is 0 Å². The lowest BCUT2D eigenvalue weighted by Gasteiger charge is -2.24. The number of nitrogens with two attached hydrogens (primary N) is 1. The van der Waals surface area contributed by atoms with Crippen LogP contribution < -0.4 is 25.8 Å². The van der Waals surface area contributed by atoms with E-state index in [9.17, 15) is 14.4 Å². The molecule has 0 fully saturated rings. The summed E-state index contributed by atoms with van der Waals surface area (Å²) >= 11 is 4.19. The van der Waals surface area contributed by atoms with Gasteiger partial charge in [0.2, 0.25) is 18.2 Å². The number of methoxy groups -OCH3 is 1. The molecule has 1 aliphatic rings. The van der Waals surface area contributed by atoms with E-state index >= 15 is 0 Å². The molecule has 0 bridgehead atoms. The van der Waals surface area contributed by atoms with Gasteiger partial charge in [0.15, 0.2) is 0 Å². The summed E-state index contributed by atoms with van der Waals surface area (Å²) in [5.41, 5.74) is 6.42. The zero-order valence-corrected chi connectivity index (χ0v) is 22.1. The average Bonchev–Trinajstić information content (AvgIpc) is 2.85. The standard InChI is InChI=1S/C13H17NO3.C12H25N3O2S/c1-3-14-13(15)10-6-9-7-11(16-2)4-5-12(9)17-8-10;1-11(18)8-15(10-16)9-12(17)14-7-5-3-2-4-6-13/h4-5,7,10H,3,6,8H2,1-2H3,(H,14,15);10-11,18H,2-9,13H2,1H3,(H,14,17). The Labute approximate surface area is 214 Å². The molecule has 2 atom stereocenters. The number of carbonyl (C=O) groups excluding carboxylic acids is 3. The van der Waals surface area contributed by atoms with Gasteiger partial charge in [-0.25, -0.2) is 0 Å². The van der Waals surface area contributed by atoms with E-state index in [1.54, 1.807) is 7.11 Å². The zero-order chi connectivity index (χ0) is 26.1. The van der Waals surface area contributed by atoms with Gasteiger partial charge in [-0.3, -0.25) is 14.4 Å². The maximum Gasteiger partial charge on any atom is 0.239 e. The van der Waals surface area contributed by atoms with Crippen molar-refractivity contribution in [1.82, 2.24) is 15.5 Å². The van der Waals surface area contributed by atoms with E-state index < -0.39 is 0 Å². The van der Waals surface area contributed by atoms with Gasteiger partial charge in [-0.05, 0) is 56.5 Å². The first kappa shape index (κ1) is 30.6. The van der Waals surface area contributed by atoms with Crippen molar-refractivity contribution in [2.45, 2.75) is 51.2 Å². The van der Waals surface area contributed by atoms with E-state index in [1.807, 2.05) is 32.0 Å². The van der Waals surface area contributed by atoms with Crippen molar-refractivity contribution >= 4 is 30.9 Å². The van der Waals surface area contributed by atoms with Crippen molar-refractivity contribution in [3.8, 4) is 11.5 Å². The molecule has 2 unspecified atom stereocenters. The molecule has 2 rings (SSSR count). The van der Waals surface area contributed by atoms with Crippen molar-refractivity contribution in [1.29, 1.82) is 0 Å². The van der Waals surface area contributed by atoms with Gasteiger partial charge in [0.25, 0.3) is 0 Å². The van der Waals surface area contributed by atoms with E-state index in [4.69, 9.17) is 15.2 Å². The molecule has 198 valence electrons. The highest BCUT2D eigenvalue weighted by Crippen LogP contribution is 2.30. The highest BCUT2D eigenvalue weighted by molar-refractivity contribution is 7.80. The van der Waals surface area contributed by atoms with E-state index in [1.165, 1.54) is 4.90 Å². The Kier molecular flexibility index (Phi) is 15.6. The molecule has 0 radical (unpaired) electrons. The molecule has 0 saturated heterocycles. The second-order valence-electron chi connectivity index (χ2n) is 8.52. The fourth-order valence-corrected chi connectivity index (χ4v) is 3.77. The first-order chi connectivity index (χ1) is 16.8. The minimum absolute atomic E-state index is 0.0565. The zero-order valence-electron chi connectivity index (χ0n) is 21.3. The summed E-state index contributed by atoms with van der Waals surface area (Å²) in [5.74, 6) is 1.49. The van der Waals surface area contributed by atoms with Gasteiger partial charge in [0.05, 0.1) is 19.6 Å². The summed E-state index contributed by atoms with van der Waals surface area (Å²) in [4.78, 5) is 35.4. The fourth-order valence-electron chi connectivity index (χ4n) is 3.56. The summed E-state index contributed by atoms with van der Waals surface area (Å²) in [5, 5.41) is 5.70. The number of ether oxygens (including phenoxy) is 2. The number of hydrogen-bond acceptors (Lipinski definition) is 7. The maximum absolute atomic E-state index is 11.7. The van der Waals surface area contributed by atoms with Gasteiger partial charge in [-0.1, -0.05) is 19.8 Å². The molecule has 1 aliphatic heterocycles. The topological polar surface area (TPSA) is 123 Å². The second-order valence-corrected chi connectivity index (χ2v) is 9.40. The number of unbranched alkanes of at least 4 members (excludes halogenated alkanes) is 3. The van der Waals surface area contributed by atoms with E-state index in [0.717, 1.165) is 49.3 Å². The van der Waals surface area contributed by atoms with E-state index in [0.29, 0.717) is 39.1 Å². The molecule has 9 nitrogen and oxygen atoms in total. The molecule has 0 aromatic heterocycles. The van der Waals surface area contributed by atoms with Gasteiger partial charge >= 0.3 is 0 Å². The highest BCUT2D eigenvalue weighted by Gasteiger charge is 2.25. The Morgan fingerprint density at radius 2 is 2.03 bits per heavy atom. The summed E-state index contributed by atoms with van der Waals surface area (Å²) in [7, 11) is 1.63. The number of rotatable bonds is 14. The first-order valence-corrected chi connectivity index (χ1v) is 12.8. The van der Waals surface area contributed by atoms with Crippen molar-refractivity contribution in [3.05, 3.63) is 23.8 Å². The lowest BCUT2D eigenvalue weighted by Crippen LogP contribution is -2.39. The summed E-state index contributed by atoms with van der Waals surface area (Å²) in [6, 6.07) is 5.69. The number of amides is 3. The van der Waals surface area contributed by atoms with Crippen LogP contribution in [0.4, 0.5) is 0 Å². The van der Waals surface area contributed by atoms with Crippen LogP contribution >= 0.6 is 12.6 Å². The number of benzene rings is 1. The highest BCUT2D eigenvalue weighted by atomic mass is 32.1. The van der Waals surface area contributed by atoms with Gasteiger partial charge in [0, 0.05) is 24.9 Å². The largest absolute Gasteiger partial charge is 0.497 e. The molecule has 3 amide bonds. The third kappa shape index (κ3) is 12.7. The Balaban J connectivity index is 0.000000350. The summed E-state index contributed by atoms with van der Waals surface area (Å²) in [6.45, 7) is 6.88. The fraction of sp³-hybridized carbons (Fsp3) is 0.640. The van der Waals surface area contributed by atoms with Crippen LogP contribution in [0.5, 0.6) is 11.5 Å². The molecule has 0 spiro atoms. The lowest BCUT2D eigenvalue weighted by molar-refractivity contribution is -0.128. The number of nitrogens with one attached hydrogen (secondary N) is 2. The summed E-state index contributed by atoms with van der Waals surface area (Å²) in [6.07, 6.45) is 5.56. The Morgan fingerprint density at radius 1 is 1.29 bits per heavy atom. The number of nitrogens with zero attached hydrogens (tertiary/aromatic N) is 1. The molecule has 0 saturated carbocycles. The molecule has 0 aliphatic carbocycles. The smallest absolute Gasteiger partial charge is 0.239 e. The predicted octanol–water partition coefficient (Wildman–Crippen LogP) is 1.78. The normalized spacial score (nSPS) is 14.8. The Hall–Kier alpha value is -2.46.